The zero-order valence-electron chi connectivity index (χ0n) is 6.67. The molecule has 0 bridgehead atoms. The van der Waals surface area contributed by atoms with Crippen molar-refractivity contribution in [1.29, 1.82) is 0 Å². The molecule has 0 saturated carbocycles. The standard InChI is InChI=1S/C5H8.C3H8O2/c1-2-4-5-3-1;1-3(2,4)5/h1-2H,3-5H2;4-5H,1-2H3. The lowest BCUT2D eigenvalue weighted by molar-refractivity contribution is -0.127. The van der Waals surface area contributed by atoms with E-state index in [9.17, 15) is 0 Å². The largest absolute Gasteiger partial charge is 0.366 e. The first-order valence-electron chi connectivity index (χ1n) is 3.60. The van der Waals surface area contributed by atoms with Crippen molar-refractivity contribution in [3.8, 4) is 0 Å². The van der Waals surface area contributed by atoms with Gasteiger partial charge in [-0.2, -0.15) is 0 Å². The van der Waals surface area contributed by atoms with Crippen molar-refractivity contribution in [2.75, 3.05) is 0 Å². The molecule has 0 heterocycles. The molecule has 0 aromatic rings. The van der Waals surface area contributed by atoms with Crippen LogP contribution in [0.15, 0.2) is 12.2 Å². The predicted molar refractivity (Wildman–Crippen MR) is 41.5 cm³/mol. The normalized spacial score (nSPS) is 16.4. The molecule has 0 atom stereocenters. The van der Waals surface area contributed by atoms with E-state index in [2.05, 4.69) is 12.2 Å². The summed E-state index contributed by atoms with van der Waals surface area (Å²) in [6.45, 7) is 2.60. The summed E-state index contributed by atoms with van der Waals surface area (Å²) in [5.41, 5.74) is 0. The summed E-state index contributed by atoms with van der Waals surface area (Å²) in [7, 11) is 0. The molecule has 0 aromatic heterocycles. The van der Waals surface area contributed by atoms with Crippen LogP contribution in [0.25, 0.3) is 0 Å². The van der Waals surface area contributed by atoms with Crippen LogP contribution in [0.4, 0.5) is 0 Å². The van der Waals surface area contributed by atoms with Crippen LogP contribution in [-0.2, 0) is 0 Å². The number of aliphatic hydroxyl groups is 2. The molecule has 0 radical (unpaired) electrons. The Morgan fingerprint density at radius 2 is 1.40 bits per heavy atom. The third-order valence-corrected chi connectivity index (χ3v) is 0.908. The fourth-order valence-electron chi connectivity index (χ4n) is 0.589. The smallest absolute Gasteiger partial charge is 0.156 e. The van der Waals surface area contributed by atoms with Crippen molar-refractivity contribution in [3.63, 3.8) is 0 Å². The van der Waals surface area contributed by atoms with E-state index in [4.69, 9.17) is 10.2 Å². The second-order valence-electron chi connectivity index (χ2n) is 2.90. The zero-order valence-corrected chi connectivity index (χ0v) is 6.67. The van der Waals surface area contributed by atoms with E-state index in [-0.39, 0.29) is 0 Å². The summed E-state index contributed by atoms with van der Waals surface area (Å²) in [5.74, 6) is -1.50. The Kier molecular flexibility index (Phi) is 4.32. The topological polar surface area (TPSA) is 40.5 Å². The molecule has 0 aromatic carbocycles. The summed E-state index contributed by atoms with van der Waals surface area (Å²) < 4.78 is 0. The quantitative estimate of drug-likeness (QED) is 0.399. The van der Waals surface area contributed by atoms with Crippen LogP contribution in [-0.4, -0.2) is 16.0 Å². The molecule has 0 spiro atoms. The fourth-order valence-corrected chi connectivity index (χ4v) is 0.589. The highest BCUT2D eigenvalue weighted by atomic mass is 16.5. The van der Waals surface area contributed by atoms with Gasteiger partial charge in [0.1, 0.15) is 0 Å². The lowest BCUT2D eigenvalue weighted by Gasteiger charge is -2.03. The molecular formula is C8H16O2. The van der Waals surface area contributed by atoms with Crippen molar-refractivity contribution in [2.45, 2.75) is 38.9 Å². The SMILES string of the molecule is C1=CCCC1.CC(C)(O)O. The second-order valence-corrected chi connectivity index (χ2v) is 2.90. The molecule has 2 heteroatoms. The number of hydrogen-bond acceptors (Lipinski definition) is 2. The van der Waals surface area contributed by atoms with Gasteiger partial charge in [-0.3, -0.25) is 0 Å². The highest BCUT2D eigenvalue weighted by molar-refractivity contribution is 4.88. The second kappa shape index (κ2) is 4.47. The molecule has 1 aliphatic rings. The Labute approximate surface area is 62.2 Å². The monoisotopic (exact) mass is 144 g/mol. The molecule has 0 aliphatic heterocycles. The van der Waals surface area contributed by atoms with Crippen molar-refractivity contribution in [1.82, 2.24) is 0 Å². The summed E-state index contributed by atoms with van der Waals surface area (Å²) in [5, 5.41) is 16.2. The lowest BCUT2D eigenvalue weighted by Crippen LogP contribution is -2.15. The minimum atomic E-state index is -1.50. The van der Waals surface area contributed by atoms with E-state index in [1.54, 1.807) is 0 Å². The van der Waals surface area contributed by atoms with Crippen LogP contribution in [0.2, 0.25) is 0 Å². The average molecular weight is 144 g/mol. The van der Waals surface area contributed by atoms with Crippen LogP contribution in [0, 0.1) is 0 Å². The Hall–Kier alpha value is -0.340. The van der Waals surface area contributed by atoms with Crippen LogP contribution in [0.3, 0.4) is 0 Å². The van der Waals surface area contributed by atoms with Gasteiger partial charge in [0.15, 0.2) is 5.79 Å². The summed E-state index contributed by atoms with van der Waals surface area (Å²) in [4.78, 5) is 0. The van der Waals surface area contributed by atoms with E-state index < -0.39 is 5.79 Å². The van der Waals surface area contributed by atoms with Gasteiger partial charge in [0.2, 0.25) is 0 Å². The minimum Gasteiger partial charge on any atom is -0.366 e. The summed E-state index contributed by atoms with van der Waals surface area (Å²) >= 11 is 0. The minimum absolute atomic E-state index is 1.30. The molecule has 0 fully saturated rings. The Bertz CT molecular complexity index is 88.3. The van der Waals surface area contributed by atoms with Gasteiger partial charge in [0.25, 0.3) is 0 Å². The maximum Gasteiger partial charge on any atom is 0.156 e. The lowest BCUT2D eigenvalue weighted by atomic mass is 10.4. The molecule has 0 unspecified atom stereocenters. The Balaban J connectivity index is 0.000000162. The van der Waals surface area contributed by atoms with E-state index in [0.717, 1.165) is 0 Å². The van der Waals surface area contributed by atoms with Crippen LogP contribution < -0.4 is 0 Å². The third kappa shape index (κ3) is 15.6. The number of rotatable bonds is 0. The predicted octanol–water partition coefficient (Wildman–Crippen LogP) is 1.43. The van der Waals surface area contributed by atoms with Gasteiger partial charge in [0, 0.05) is 0 Å². The Morgan fingerprint density at radius 1 is 1.10 bits per heavy atom. The van der Waals surface area contributed by atoms with E-state index in [1.807, 2.05) is 0 Å². The number of allylic oxidation sites excluding steroid dienone is 2. The first kappa shape index (κ1) is 9.66. The van der Waals surface area contributed by atoms with Gasteiger partial charge >= 0.3 is 0 Å². The molecule has 60 valence electrons. The molecule has 2 nitrogen and oxygen atoms in total. The van der Waals surface area contributed by atoms with Gasteiger partial charge in [-0.05, 0) is 33.1 Å². The zero-order chi connectivity index (χ0) is 8.04. The van der Waals surface area contributed by atoms with Crippen LogP contribution in [0.5, 0.6) is 0 Å². The van der Waals surface area contributed by atoms with Crippen LogP contribution in [0.1, 0.15) is 33.1 Å². The first-order valence-corrected chi connectivity index (χ1v) is 3.60. The van der Waals surface area contributed by atoms with Gasteiger partial charge in [0.05, 0.1) is 0 Å². The van der Waals surface area contributed by atoms with Gasteiger partial charge in [-0.1, -0.05) is 12.2 Å². The summed E-state index contributed by atoms with van der Waals surface area (Å²) in [6, 6.07) is 0. The van der Waals surface area contributed by atoms with Gasteiger partial charge in [-0.15, -0.1) is 0 Å². The van der Waals surface area contributed by atoms with Crippen molar-refractivity contribution < 1.29 is 10.2 Å². The fraction of sp³-hybridized carbons (Fsp3) is 0.750. The van der Waals surface area contributed by atoms with Crippen molar-refractivity contribution >= 4 is 0 Å². The van der Waals surface area contributed by atoms with Crippen molar-refractivity contribution in [3.05, 3.63) is 12.2 Å². The van der Waals surface area contributed by atoms with Gasteiger partial charge in [-0.25, -0.2) is 0 Å². The molecular weight excluding hydrogens is 128 g/mol. The first-order chi connectivity index (χ1) is 4.50. The van der Waals surface area contributed by atoms with E-state index in [1.165, 1.54) is 33.1 Å². The highest BCUT2D eigenvalue weighted by Crippen LogP contribution is 2.05. The Morgan fingerprint density at radius 3 is 1.50 bits per heavy atom. The number of hydrogen-bond donors (Lipinski definition) is 2. The van der Waals surface area contributed by atoms with Crippen molar-refractivity contribution in [2.24, 2.45) is 0 Å². The molecule has 10 heavy (non-hydrogen) atoms. The maximum atomic E-state index is 8.08. The average Bonchev–Trinajstić information content (AvgIpc) is 2.07. The molecule has 2 N–H and O–H groups in total. The molecule has 0 saturated heterocycles. The van der Waals surface area contributed by atoms with E-state index >= 15 is 0 Å². The van der Waals surface area contributed by atoms with Crippen LogP contribution >= 0.6 is 0 Å². The highest BCUT2D eigenvalue weighted by Gasteiger charge is 2.00. The molecule has 0 amide bonds. The third-order valence-electron chi connectivity index (χ3n) is 0.908. The maximum absolute atomic E-state index is 8.08. The van der Waals surface area contributed by atoms with Gasteiger partial charge < -0.3 is 10.2 Å². The van der Waals surface area contributed by atoms with E-state index in [0.29, 0.717) is 0 Å². The molecule has 1 aliphatic carbocycles. The summed E-state index contributed by atoms with van der Waals surface area (Å²) in [6.07, 6.45) is 8.50. The molecule has 1 rings (SSSR count).